The van der Waals surface area contributed by atoms with Gasteiger partial charge in [-0.3, -0.25) is 9.59 Å². The normalized spacial score (nSPS) is 26.1. The standard InChI is InChI=1S/C14H16FNO3/c1-8-6-9(10(7-8)14(18)19)13(17)16-12-5-3-2-4-11(12)15/h2-5,8-10H,6-7H2,1H3,(H,16,17)(H,18,19). The first-order valence-electron chi connectivity index (χ1n) is 6.27. The Balaban J connectivity index is 2.11. The summed E-state index contributed by atoms with van der Waals surface area (Å²) >= 11 is 0. The van der Waals surface area contributed by atoms with Gasteiger partial charge in [-0.15, -0.1) is 0 Å². The van der Waals surface area contributed by atoms with Crippen LogP contribution in [0.25, 0.3) is 0 Å². The van der Waals surface area contributed by atoms with E-state index in [2.05, 4.69) is 5.32 Å². The number of carboxylic acid groups (broad SMARTS) is 1. The van der Waals surface area contributed by atoms with Crippen LogP contribution in [-0.4, -0.2) is 17.0 Å². The minimum atomic E-state index is -0.960. The van der Waals surface area contributed by atoms with E-state index in [-0.39, 0.29) is 11.6 Å². The topological polar surface area (TPSA) is 66.4 Å². The van der Waals surface area contributed by atoms with Gasteiger partial charge in [-0.05, 0) is 30.9 Å². The van der Waals surface area contributed by atoms with Crippen LogP contribution < -0.4 is 5.32 Å². The predicted molar refractivity (Wildman–Crippen MR) is 68.0 cm³/mol. The van der Waals surface area contributed by atoms with Gasteiger partial charge in [0.25, 0.3) is 0 Å². The summed E-state index contributed by atoms with van der Waals surface area (Å²) < 4.78 is 13.4. The van der Waals surface area contributed by atoms with Crippen molar-refractivity contribution in [3.8, 4) is 0 Å². The van der Waals surface area contributed by atoms with Gasteiger partial charge in [0.05, 0.1) is 17.5 Å². The number of hydrogen-bond donors (Lipinski definition) is 2. The number of aliphatic carboxylic acids is 1. The van der Waals surface area contributed by atoms with Gasteiger partial charge in [-0.2, -0.15) is 0 Å². The van der Waals surface area contributed by atoms with Crippen LogP contribution in [0.5, 0.6) is 0 Å². The van der Waals surface area contributed by atoms with E-state index >= 15 is 0 Å². The van der Waals surface area contributed by atoms with Crippen molar-refractivity contribution in [2.45, 2.75) is 19.8 Å². The fraction of sp³-hybridized carbons (Fsp3) is 0.429. The molecule has 2 rings (SSSR count). The lowest BCUT2D eigenvalue weighted by Gasteiger charge is -2.15. The first kappa shape index (κ1) is 13.5. The zero-order valence-corrected chi connectivity index (χ0v) is 10.6. The third-order valence-corrected chi connectivity index (χ3v) is 3.58. The minimum Gasteiger partial charge on any atom is -0.481 e. The molecule has 0 bridgehead atoms. The van der Waals surface area contributed by atoms with Crippen molar-refractivity contribution in [1.82, 2.24) is 0 Å². The van der Waals surface area contributed by atoms with E-state index in [0.717, 1.165) is 0 Å². The zero-order chi connectivity index (χ0) is 14.0. The second kappa shape index (κ2) is 5.38. The van der Waals surface area contributed by atoms with Crippen molar-refractivity contribution in [3.05, 3.63) is 30.1 Å². The number of carbonyl (C=O) groups excluding carboxylic acids is 1. The van der Waals surface area contributed by atoms with Crippen LogP contribution in [-0.2, 0) is 9.59 Å². The first-order chi connectivity index (χ1) is 8.99. The van der Waals surface area contributed by atoms with Gasteiger partial charge in [0, 0.05) is 0 Å². The number of carboxylic acids is 1. The molecule has 3 atom stereocenters. The molecule has 19 heavy (non-hydrogen) atoms. The predicted octanol–water partition coefficient (Wildman–Crippen LogP) is 2.51. The highest BCUT2D eigenvalue weighted by molar-refractivity contribution is 5.95. The summed E-state index contributed by atoms with van der Waals surface area (Å²) in [7, 11) is 0. The molecule has 2 N–H and O–H groups in total. The SMILES string of the molecule is CC1CC(C(=O)O)C(C(=O)Nc2ccccc2F)C1. The number of amides is 1. The fourth-order valence-electron chi connectivity index (χ4n) is 2.64. The van der Waals surface area contributed by atoms with Crippen LogP contribution in [0.4, 0.5) is 10.1 Å². The van der Waals surface area contributed by atoms with Crippen LogP contribution in [0.1, 0.15) is 19.8 Å². The first-order valence-corrected chi connectivity index (χ1v) is 6.27. The molecule has 1 aromatic rings. The number of halogens is 1. The van der Waals surface area contributed by atoms with Gasteiger partial charge in [0.2, 0.25) is 5.91 Å². The van der Waals surface area contributed by atoms with Crippen LogP contribution in [0.15, 0.2) is 24.3 Å². The molecule has 1 aliphatic carbocycles. The molecular formula is C14H16FNO3. The summed E-state index contributed by atoms with van der Waals surface area (Å²) in [6.07, 6.45) is 1.02. The van der Waals surface area contributed by atoms with Crippen molar-refractivity contribution < 1.29 is 19.1 Å². The molecule has 3 unspecified atom stereocenters. The Morgan fingerprint density at radius 3 is 2.53 bits per heavy atom. The Morgan fingerprint density at radius 1 is 1.26 bits per heavy atom. The van der Waals surface area contributed by atoms with E-state index in [1.54, 1.807) is 6.07 Å². The molecule has 1 aliphatic rings. The molecule has 1 aromatic carbocycles. The van der Waals surface area contributed by atoms with Crippen molar-refractivity contribution in [1.29, 1.82) is 0 Å². The largest absolute Gasteiger partial charge is 0.481 e. The van der Waals surface area contributed by atoms with Crippen LogP contribution in [0, 0.1) is 23.6 Å². The highest BCUT2D eigenvalue weighted by atomic mass is 19.1. The van der Waals surface area contributed by atoms with E-state index in [1.165, 1.54) is 18.2 Å². The fourth-order valence-corrected chi connectivity index (χ4v) is 2.64. The Bertz CT molecular complexity index is 503. The molecule has 0 heterocycles. The van der Waals surface area contributed by atoms with Crippen molar-refractivity contribution in [3.63, 3.8) is 0 Å². The van der Waals surface area contributed by atoms with E-state index < -0.39 is 29.5 Å². The van der Waals surface area contributed by atoms with Gasteiger partial charge >= 0.3 is 5.97 Å². The number of rotatable bonds is 3. The molecular weight excluding hydrogens is 249 g/mol. The third kappa shape index (κ3) is 2.92. The Kier molecular flexibility index (Phi) is 3.83. The average molecular weight is 265 g/mol. The van der Waals surface area contributed by atoms with Gasteiger partial charge in [0.1, 0.15) is 5.82 Å². The monoisotopic (exact) mass is 265 g/mol. The average Bonchev–Trinajstić information content (AvgIpc) is 2.74. The lowest BCUT2D eigenvalue weighted by Crippen LogP contribution is -2.30. The molecule has 102 valence electrons. The molecule has 4 nitrogen and oxygen atoms in total. The summed E-state index contributed by atoms with van der Waals surface area (Å²) in [6, 6.07) is 5.86. The highest BCUT2D eigenvalue weighted by Gasteiger charge is 2.41. The zero-order valence-electron chi connectivity index (χ0n) is 10.6. The second-order valence-corrected chi connectivity index (χ2v) is 5.10. The summed E-state index contributed by atoms with van der Waals surface area (Å²) in [5, 5.41) is 11.6. The summed E-state index contributed by atoms with van der Waals surface area (Å²) in [6.45, 7) is 1.92. The number of benzene rings is 1. The molecule has 1 amide bonds. The number of carbonyl (C=O) groups is 2. The van der Waals surface area contributed by atoms with Crippen LogP contribution in [0.3, 0.4) is 0 Å². The van der Waals surface area contributed by atoms with Gasteiger partial charge in [-0.1, -0.05) is 19.1 Å². The third-order valence-electron chi connectivity index (χ3n) is 3.58. The minimum absolute atomic E-state index is 0.0937. The van der Waals surface area contributed by atoms with Crippen molar-refractivity contribution in [2.75, 3.05) is 5.32 Å². The van der Waals surface area contributed by atoms with E-state index in [9.17, 15) is 14.0 Å². The highest BCUT2D eigenvalue weighted by Crippen LogP contribution is 2.37. The van der Waals surface area contributed by atoms with Crippen LogP contribution >= 0.6 is 0 Å². The van der Waals surface area contributed by atoms with E-state index in [4.69, 9.17) is 5.11 Å². The summed E-state index contributed by atoms with van der Waals surface area (Å²) in [5.41, 5.74) is 0.0937. The number of anilines is 1. The molecule has 0 aliphatic heterocycles. The Morgan fingerprint density at radius 2 is 1.89 bits per heavy atom. The van der Waals surface area contributed by atoms with Gasteiger partial charge < -0.3 is 10.4 Å². The number of nitrogens with one attached hydrogen (secondary N) is 1. The quantitative estimate of drug-likeness (QED) is 0.882. The number of para-hydroxylation sites is 1. The molecule has 0 aromatic heterocycles. The maximum absolute atomic E-state index is 13.4. The number of hydrogen-bond acceptors (Lipinski definition) is 2. The van der Waals surface area contributed by atoms with Crippen molar-refractivity contribution >= 4 is 17.6 Å². The Labute approximate surface area is 110 Å². The van der Waals surface area contributed by atoms with E-state index in [0.29, 0.717) is 12.8 Å². The molecule has 0 radical (unpaired) electrons. The van der Waals surface area contributed by atoms with Crippen molar-refractivity contribution in [2.24, 2.45) is 17.8 Å². The molecule has 5 heteroatoms. The lowest BCUT2D eigenvalue weighted by molar-refractivity contribution is -0.145. The molecule has 0 spiro atoms. The maximum atomic E-state index is 13.4. The lowest BCUT2D eigenvalue weighted by atomic mass is 9.95. The van der Waals surface area contributed by atoms with Gasteiger partial charge in [-0.25, -0.2) is 4.39 Å². The summed E-state index contributed by atoms with van der Waals surface area (Å²) in [4.78, 5) is 23.2. The molecule has 1 saturated carbocycles. The molecule has 0 saturated heterocycles. The second-order valence-electron chi connectivity index (χ2n) is 5.10. The summed E-state index contributed by atoms with van der Waals surface area (Å²) in [5.74, 6) is -2.97. The maximum Gasteiger partial charge on any atom is 0.307 e. The van der Waals surface area contributed by atoms with Gasteiger partial charge in [0.15, 0.2) is 0 Å². The molecule has 1 fully saturated rings. The smallest absolute Gasteiger partial charge is 0.307 e. The van der Waals surface area contributed by atoms with E-state index in [1.807, 2.05) is 6.92 Å². The Hall–Kier alpha value is -1.91. The van der Waals surface area contributed by atoms with Crippen LogP contribution in [0.2, 0.25) is 0 Å².